The average molecular weight is 237 g/mol. The molecule has 1 N–H and O–H groups in total. The van der Waals surface area contributed by atoms with Crippen molar-refractivity contribution in [1.29, 1.82) is 0 Å². The Hall–Kier alpha value is -0.700. The molecule has 2 rings (SSSR count). The van der Waals surface area contributed by atoms with Crippen molar-refractivity contribution in [2.24, 2.45) is 0 Å². The zero-order valence-corrected chi connectivity index (χ0v) is 10.5. The van der Waals surface area contributed by atoms with Gasteiger partial charge in [0, 0.05) is 0 Å². The first-order chi connectivity index (χ1) is 8.24. The van der Waals surface area contributed by atoms with Gasteiger partial charge in [0.25, 0.3) is 0 Å². The lowest BCUT2D eigenvalue weighted by Crippen LogP contribution is -2.61. The molecule has 0 spiro atoms. The van der Waals surface area contributed by atoms with Crippen molar-refractivity contribution in [2.75, 3.05) is 0 Å². The van der Waals surface area contributed by atoms with Gasteiger partial charge >= 0.3 is 0 Å². The smallest absolute Gasteiger partial charge is 0.140 e. The SMILES string of the molecule is O=CC1(NC2(C=O)CCCCC2)CCCCC1. The second-order valence-corrected chi connectivity index (χ2v) is 5.79. The van der Waals surface area contributed by atoms with Gasteiger partial charge in [-0.2, -0.15) is 0 Å². The highest BCUT2D eigenvalue weighted by Gasteiger charge is 2.41. The van der Waals surface area contributed by atoms with E-state index in [9.17, 15) is 9.59 Å². The van der Waals surface area contributed by atoms with Crippen molar-refractivity contribution in [3.05, 3.63) is 0 Å². The maximum atomic E-state index is 11.4. The van der Waals surface area contributed by atoms with Gasteiger partial charge in [-0.25, -0.2) is 0 Å². The van der Waals surface area contributed by atoms with Crippen LogP contribution in [0.25, 0.3) is 0 Å². The number of nitrogens with one attached hydrogen (secondary N) is 1. The molecule has 2 aliphatic rings. The lowest BCUT2D eigenvalue weighted by atomic mass is 9.76. The quantitative estimate of drug-likeness (QED) is 0.764. The summed E-state index contributed by atoms with van der Waals surface area (Å²) in [5.41, 5.74) is -0.840. The Morgan fingerprint density at radius 2 is 1.00 bits per heavy atom. The molecule has 2 fully saturated rings. The zero-order valence-electron chi connectivity index (χ0n) is 10.5. The van der Waals surface area contributed by atoms with E-state index in [1.807, 2.05) is 0 Å². The van der Waals surface area contributed by atoms with Crippen LogP contribution >= 0.6 is 0 Å². The van der Waals surface area contributed by atoms with Crippen LogP contribution < -0.4 is 5.32 Å². The van der Waals surface area contributed by atoms with E-state index in [1.165, 1.54) is 12.8 Å². The van der Waals surface area contributed by atoms with Crippen LogP contribution in [0.15, 0.2) is 0 Å². The minimum Gasteiger partial charge on any atom is -0.301 e. The molecule has 0 unspecified atom stereocenters. The van der Waals surface area contributed by atoms with Crippen LogP contribution in [0.4, 0.5) is 0 Å². The van der Waals surface area contributed by atoms with E-state index < -0.39 is 11.1 Å². The standard InChI is InChI=1S/C14H23NO2/c16-11-13(7-3-1-4-8-13)15-14(12-17)9-5-2-6-10-14/h11-12,15H,1-10H2. The van der Waals surface area contributed by atoms with E-state index in [1.54, 1.807) is 0 Å². The number of hydrogen-bond donors (Lipinski definition) is 1. The molecule has 0 aromatic rings. The third-order valence-corrected chi connectivity index (χ3v) is 4.44. The Morgan fingerprint density at radius 3 is 1.29 bits per heavy atom. The average Bonchev–Trinajstić information content (AvgIpc) is 2.41. The Labute approximate surface area is 103 Å². The van der Waals surface area contributed by atoms with Crippen molar-refractivity contribution in [3.8, 4) is 0 Å². The molecule has 0 saturated heterocycles. The summed E-state index contributed by atoms with van der Waals surface area (Å²) in [6, 6.07) is 0. The molecule has 0 amide bonds. The van der Waals surface area contributed by atoms with Crippen LogP contribution in [0.5, 0.6) is 0 Å². The first-order valence-electron chi connectivity index (χ1n) is 6.96. The maximum absolute atomic E-state index is 11.4. The summed E-state index contributed by atoms with van der Waals surface area (Å²) in [7, 11) is 0. The lowest BCUT2D eigenvalue weighted by Gasteiger charge is -2.43. The molecule has 2 aliphatic carbocycles. The minimum absolute atomic E-state index is 0.420. The fourth-order valence-electron chi connectivity index (χ4n) is 3.41. The van der Waals surface area contributed by atoms with Crippen LogP contribution in [0.2, 0.25) is 0 Å². The Bertz CT molecular complexity index is 248. The van der Waals surface area contributed by atoms with Crippen molar-refractivity contribution in [3.63, 3.8) is 0 Å². The number of aldehydes is 2. The summed E-state index contributed by atoms with van der Waals surface area (Å²) in [4.78, 5) is 22.9. The van der Waals surface area contributed by atoms with Crippen molar-refractivity contribution in [1.82, 2.24) is 5.32 Å². The predicted molar refractivity (Wildman–Crippen MR) is 66.9 cm³/mol. The van der Waals surface area contributed by atoms with Gasteiger partial charge < -0.3 is 9.59 Å². The highest BCUT2D eigenvalue weighted by atomic mass is 16.1. The summed E-state index contributed by atoms with van der Waals surface area (Å²) in [5, 5.41) is 3.45. The van der Waals surface area contributed by atoms with Crippen molar-refractivity contribution >= 4 is 12.6 Å². The van der Waals surface area contributed by atoms with Gasteiger partial charge in [0.15, 0.2) is 0 Å². The molecular weight excluding hydrogens is 214 g/mol. The molecule has 2 saturated carbocycles. The molecule has 0 aliphatic heterocycles. The molecule has 3 heteroatoms. The second-order valence-electron chi connectivity index (χ2n) is 5.79. The number of hydrogen-bond acceptors (Lipinski definition) is 3. The molecule has 96 valence electrons. The third kappa shape index (κ3) is 2.76. The van der Waals surface area contributed by atoms with Crippen molar-refractivity contribution in [2.45, 2.75) is 75.3 Å². The Morgan fingerprint density at radius 1 is 0.647 bits per heavy atom. The van der Waals surface area contributed by atoms with E-state index in [-0.39, 0.29) is 0 Å². The van der Waals surface area contributed by atoms with Gasteiger partial charge in [-0.15, -0.1) is 0 Å². The van der Waals surface area contributed by atoms with E-state index in [4.69, 9.17) is 0 Å². The largest absolute Gasteiger partial charge is 0.301 e. The molecule has 0 bridgehead atoms. The zero-order chi connectivity index (χ0) is 12.2. The Balaban J connectivity index is 2.09. The number of carbonyl (C=O) groups is 2. The molecule has 17 heavy (non-hydrogen) atoms. The number of rotatable bonds is 4. The summed E-state index contributed by atoms with van der Waals surface area (Å²) in [6.07, 6.45) is 12.5. The minimum atomic E-state index is -0.420. The van der Waals surface area contributed by atoms with Gasteiger partial charge in [0.05, 0.1) is 11.1 Å². The van der Waals surface area contributed by atoms with Crippen LogP contribution in [0, 0.1) is 0 Å². The van der Waals surface area contributed by atoms with Crippen LogP contribution in [0.1, 0.15) is 64.2 Å². The van der Waals surface area contributed by atoms with Crippen LogP contribution in [-0.4, -0.2) is 23.7 Å². The molecule has 0 atom stereocenters. The third-order valence-electron chi connectivity index (χ3n) is 4.44. The fourth-order valence-corrected chi connectivity index (χ4v) is 3.41. The summed E-state index contributed by atoms with van der Waals surface area (Å²) in [6.45, 7) is 0. The lowest BCUT2D eigenvalue weighted by molar-refractivity contribution is -0.120. The molecule has 0 radical (unpaired) electrons. The van der Waals surface area contributed by atoms with E-state index >= 15 is 0 Å². The van der Waals surface area contributed by atoms with Gasteiger partial charge in [0.2, 0.25) is 0 Å². The normalized spacial score (nSPS) is 27.3. The van der Waals surface area contributed by atoms with E-state index in [0.29, 0.717) is 0 Å². The summed E-state index contributed by atoms with van der Waals surface area (Å²) in [5.74, 6) is 0. The van der Waals surface area contributed by atoms with Gasteiger partial charge in [-0.1, -0.05) is 38.5 Å². The van der Waals surface area contributed by atoms with Crippen molar-refractivity contribution < 1.29 is 9.59 Å². The second kappa shape index (κ2) is 5.30. The highest BCUT2D eigenvalue weighted by molar-refractivity contribution is 5.70. The highest BCUT2D eigenvalue weighted by Crippen LogP contribution is 2.33. The van der Waals surface area contributed by atoms with E-state index in [2.05, 4.69) is 5.32 Å². The number of carbonyl (C=O) groups excluding carboxylic acids is 2. The molecule has 0 aromatic heterocycles. The summed E-state index contributed by atoms with van der Waals surface area (Å²) >= 11 is 0. The predicted octanol–water partition coefficient (Wildman–Crippen LogP) is 2.38. The van der Waals surface area contributed by atoms with Gasteiger partial charge in [0.1, 0.15) is 12.6 Å². The Kier molecular flexibility index (Phi) is 3.97. The molecular formula is C14H23NO2. The maximum Gasteiger partial charge on any atom is 0.140 e. The molecule has 0 heterocycles. The van der Waals surface area contributed by atoms with Gasteiger partial charge in [-0.3, -0.25) is 5.32 Å². The first-order valence-corrected chi connectivity index (χ1v) is 6.96. The van der Waals surface area contributed by atoms with Crippen LogP contribution in [0.3, 0.4) is 0 Å². The van der Waals surface area contributed by atoms with E-state index in [0.717, 1.165) is 63.9 Å². The molecule has 3 nitrogen and oxygen atoms in total. The summed E-state index contributed by atoms with van der Waals surface area (Å²) < 4.78 is 0. The monoisotopic (exact) mass is 237 g/mol. The topological polar surface area (TPSA) is 46.2 Å². The first kappa shape index (κ1) is 12.7. The fraction of sp³-hybridized carbons (Fsp3) is 0.857. The molecule has 0 aromatic carbocycles. The van der Waals surface area contributed by atoms with Crippen LogP contribution in [-0.2, 0) is 9.59 Å². The van der Waals surface area contributed by atoms with Gasteiger partial charge in [-0.05, 0) is 25.7 Å².